The van der Waals surface area contributed by atoms with Crippen LogP contribution >= 0.6 is 11.6 Å². The molecule has 1 N–H and O–H groups in total. The van der Waals surface area contributed by atoms with Gasteiger partial charge in [0.05, 0.1) is 10.8 Å². The Morgan fingerprint density at radius 1 is 1.32 bits per heavy atom. The molecule has 132 valence electrons. The van der Waals surface area contributed by atoms with Gasteiger partial charge in [0.25, 0.3) is 0 Å². The minimum atomic E-state index is -0.387. The first-order valence-corrected chi connectivity index (χ1v) is 8.98. The molecular formula is C20H23ClFN3. The summed E-state index contributed by atoms with van der Waals surface area (Å²) < 4.78 is 12.9. The van der Waals surface area contributed by atoms with E-state index in [-0.39, 0.29) is 12.2 Å². The highest BCUT2D eigenvalue weighted by Gasteiger charge is 2.21. The summed E-state index contributed by atoms with van der Waals surface area (Å²) in [5, 5.41) is 3.97. The molecule has 0 unspecified atom stereocenters. The zero-order valence-corrected chi connectivity index (χ0v) is 15.0. The van der Waals surface area contributed by atoms with E-state index in [1.165, 1.54) is 5.56 Å². The van der Waals surface area contributed by atoms with Crippen LogP contribution in [0.5, 0.6) is 0 Å². The zero-order chi connectivity index (χ0) is 17.6. The molecule has 0 bridgehead atoms. The highest BCUT2D eigenvalue weighted by Crippen LogP contribution is 2.24. The molecule has 1 aromatic carbocycles. The summed E-state index contributed by atoms with van der Waals surface area (Å²) in [5.74, 6) is 0.281. The van der Waals surface area contributed by atoms with E-state index in [1.54, 1.807) is 12.3 Å². The van der Waals surface area contributed by atoms with Gasteiger partial charge in [0.15, 0.2) is 0 Å². The summed E-state index contributed by atoms with van der Waals surface area (Å²) in [6, 6.07) is 12.6. The van der Waals surface area contributed by atoms with Gasteiger partial charge in [-0.05, 0) is 36.6 Å². The van der Waals surface area contributed by atoms with E-state index in [0.29, 0.717) is 16.9 Å². The Labute approximate surface area is 153 Å². The molecule has 1 aliphatic heterocycles. The number of pyridine rings is 1. The molecule has 1 fully saturated rings. The summed E-state index contributed by atoms with van der Waals surface area (Å²) >= 11 is 6.31. The van der Waals surface area contributed by atoms with E-state index in [1.807, 2.05) is 6.07 Å². The largest absolute Gasteiger partial charge is 0.365 e. The number of halogens is 2. The standard InChI is InChI=1S/C20H23ClFN3/c1-15(22)10-17-11-19(21)20(23-12-17)24-18-8-5-9-25(14-18)13-16-6-3-2-4-7-16/h2-4,6-7,11-12,18H,1,5,8-10,13-14H2,(H,23,24)/t18-/m1/s1. The van der Waals surface area contributed by atoms with Gasteiger partial charge in [-0.15, -0.1) is 0 Å². The van der Waals surface area contributed by atoms with E-state index >= 15 is 0 Å². The number of rotatable bonds is 6. The average Bonchev–Trinajstić information content (AvgIpc) is 2.58. The Kier molecular flexibility index (Phi) is 6.05. The summed E-state index contributed by atoms with van der Waals surface area (Å²) in [4.78, 5) is 6.82. The van der Waals surface area contributed by atoms with Crippen LogP contribution in [0.15, 0.2) is 55.0 Å². The lowest BCUT2D eigenvalue weighted by Gasteiger charge is -2.33. The van der Waals surface area contributed by atoms with Crippen LogP contribution in [-0.4, -0.2) is 29.0 Å². The van der Waals surface area contributed by atoms with E-state index in [2.05, 4.69) is 46.0 Å². The van der Waals surface area contributed by atoms with Crippen LogP contribution in [0.2, 0.25) is 5.02 Å². The van der Waals surface area contributed by atoms with E-state index in [9.17, 15) is 4.39 Å². The lowest BCUT2D eigenvalue weighted by atomic mass is 10.0. The summed E-state index contributed by atoms with van der Waals surface area (Å²) in [5.41, 5.74) is 2.06. The van der Waals surface area contributed by atoms with Gasteiger partial charge in [0.1, 0.15) is 5.82 Å². The van der Waals surface area contributed by atoms with Crippen molar-refractivity contribution in [1.29, 1.82) is 0 Å². The van der Waals surface area contributed by atoms with Crippen molar-refractivity contribution < 1.29 is 4.39 Å². The zero-order valence-electron chi connectivity index (χ0n) is 14.2. The fraction of sp³-hybridized carbons (Fsp3) is 0.350. The maximum absolute atomic E-state index is 12.9. The lowest BCUT2D eigenvalue weighted by molar-refractivity contribution is 0.208. The number of benzene rings is 1. The number of hydrogen-bond acceptors (Lipinski definition) is 3. The Morgan fingerprint density at radius 3 is 2.84 bits per heavy atom. The van der Waals surface area contributed by atoms with Crippen LogP contribution in [-0.2, 0) is 13.0 Å². The monoisotopic (exact) mass is 359 g/mol. The molecule has 25 heavy (non-hydrogen) atoms. The molecule has 0 saturated carbocycles. The molecule has 0 spiro atoms. The number of aromatic nitrogens is 1. The van der Waals surface area contributed by atoms with E-state index in [4.69, 9.17) is 11.6 Å². The second-order valence-corrected chi connectivity index (χ2v) is 6.98. The van der Waals surface area contributed by atoms with Crippen LogP contribution in [0, 0.1) is 0 Å². The third-order valence-electron chi connectivity index (χ3n) is 4.39. The van der Waals surface area contributed by atoms with Gasteiger partial charge >= 0.3 is 0 Å². The van der Waals surface area contributed by atoms with Crippen LogP contribution in [0.3, 0.4) is 0 Å². The molecule has 2 aromatic rings. The van der Waals surface area contributed by atoms with Crippen LogP contribution < -0.4 is 5.32 Å². The van der Waals surface area contributed by atoms with Crippen molar-refractivity contribution in [3.8, 4) is 0 Å². The summed E-state index contributed by atoms with van der Waals surface area (Å²) in [7, 11) is 0. The second-order valence-electron chi connectivity index (χ2n) is 6.57. The fourth-order valence-electron chi connectivity index (χ4n) is 3.25. The first-order chi connectivity index (χ1) is 12.1. The second kappa shape index (κ2) is 8.45. The Morgan fingerprint density at radius 2 is 2.12 bits per heavy atom. The first kappa shape index (κ1) is 17.9. The number of nitrogens with one attached hydrogen (secondary N) is 1. The summed E-state index contributed by atoms with van der Waals surface area (Å²) in [6.45, 7) is 6.29. The fourth-order valence-corrected chi connectivity index (χ4v) is 3.50. The molecule has 1 aromatic heterocycles. The molecule has 1 saturated heterocycles. The van der Waals surface area contributed by atoms with E-state index in [0.717, 1.165) is 38.0 Å². The molecule has 0 aliphatic carbocycles. The number of nitrogens with zero attached hydrogens (tertiary/aromatic N) is 2. The lowest BCUT2D eigenvalue weighted by Crippen LogP contribution is -2.41. The Bertz CT molecular complexity index is 720. The van der Waals surface area contributed by atoms with Crippen molar-refractivity contribution in [2.75, 3.05) is 18.4 Å². The highest BCUT2D eigenvalue weighted by atomic mass is 35.5. The van der Waals surface area contributed by atoms with Crippen molar-refractivity contribution in [3.63, 3.8) is 0 Å². The van der Waals surface area contributed by atoms with Crippen LogP contribution in [0.1, 0.15) is 24.0 Å². The van der Waals surface area contributed by atoms with Gasteiger partial charge < -0.3 is 5.32 Å². The third kappa shape index (κ3) is 5.28. The molecule has 3 nitrogen and oxygen atoms in total. The van der Waals surface area contributed by atoms with Gasteiger partial charge in [0, 0.05) is 31.7 Å². The number of anilines is 1. The smallest absolute Gasteiger partial charge is 0.145 e. The molecule has 2 heterocycles. The van der Waals surface area contributed by atoms with Crippen molar-refractivity contribution in [2.24, 2.45) is 0 Å². The predicted molar refractivity (Wildman–Crippen MR) is 102 cm³/mol. The van der Waals surface area contributed by atoms with Crippen LogP contribution in [0.25, 0.3) is 0 Å². The number of piperidine rings is 1. The van der Waals surface area contributed by atoms with Gasteiger partial charge in [-0.2, -0.15) is 0 Å². The number of likely N-dealkylation sites (tertiary alicyclic amines) is 1. The van der Waals surface area contributed by atoms with Gasteiger partial charge in [0.2, 0.25) is 0 Å². The van der Waals surface area contributed by atoms with Gasteiger partial charge in [-0.1, -0.05) is 48.5 Å². The number of allylic oxidation sites excluding steroid dienone is 1. The maximum Gasteiger partial charge on any atom is 0.145 e. The molecule has 1 atom stereocenters. The molecular weight excluding hydrogens is 337 g/mol. The average molecular weight is 360 g/mol. The minimum Gasteiger partial charge on any atom is -0.365 e. The minimum absolute atomic E-state index is 0.154. The normalized spacial score (nSPS) is 18.1. The topological polar surface area (TPSA) is 28.2 Å². The Hall–Kier alpha value is -1.91. The molecule has 0 amide bonds. The van der Waals surface area contributed by atoms with E-state index < -0.39 is 0 Å². The number of hydrogen-bond donors (Lipinski definition) is 1. The highest BCUT2D eigenvalue weighted by molar-refractivity contribution is 6.32. The van der Waals surface area contributed by atoms with Crippen LogP contribution in [0.4, 0.5) is 10.2 Å². The van der Waals surface area contributed by atoms with Crippen molar-refractivity contribution in [1.82, 2.24) is 9.88 Å². The maximum atomic E-state index is 12.9. The quantitative estimate of drug-likeness (QED) is 0.800. The first-order valence-electron chi connectivity index (χ1n) is 8.60. The van der Waals surface area contributed by atoms with Crippen molar-refractivity contribution in [2.45, 2.75) is 31.8 Å². The van der Waals surface area contributed by atoms with Crippen molar-refractivity contribution >= 4 is 17.4 Å². The molecule has 5 heteroatoms. The van der Waals surface area contributed by atoms with Gasteiger partial charge in [-0.25, -0.2) is 9.37 Å². The summed E-state index contributed by atoms with van der Waals surface area (Å²) in [6.07, 6.45) is 4.04. The third-order valence-corrected chi connectivity index (χ3v) is 4.68. The molecule has 1 aliphatic rings. The van der Waals surface area contributed by atoms with Gasteiger partial charge in [-0.3, -0.25) is 4.90 Å². The van der Waals surface area contributed by atoms with Crippen molar-refractivity contribution in [3.05, 3.63) is 71.2 Å². The Balaban J connectivity index is 1.60. The SMILES string of the molecule is C=C(F)Cc1cnc(N[C@@H]2CCCN(Cc3ccccc3)C2)c(Cl)c1. The molecule has 3 rings (SSSR count). The molecule has 0 radical (unpaired) electrons. The predicted octanol–water partition coefficient (Wildman–Crippen LogP) is 4.84.